The summed E-state index contributed by atoms with van der Waals surface area (Å²) in [6, 6.07) is 2.93. The fourth-order valence-corrected chi connectivity index (χ4v) is 3.73. The average molecular weight is 292 g/mol. The van der Waals surface area contributed by atoms with Crippen molar-refractivity contribution >= 4 is 0 Å². The number of nitrogens with zero attached hydrogens (tertiary/aromatic N) is 2. The highest BCUT2D eigenvalue weighted by molar-refractivity contribution is 5.04. The van der Waals surface area contributed by atoms with E-state index in [0.717, 1.165) is 18.5 Å². The predicted molar refractivity (Wildman–Crippen MR) is 87.8 cm³/mol. The minimum atomic E-state index is 0.320. The maximum absolute atomic E-state index is 5.88. The summed E-state index contributed by atoms with van der Waals surface area (Å²) in [6.07, 6.45) is 9.38. The summed E-state index contributed by atoms with van der Waals surface area (Å²) >= 11 is 0. The molecule has 21 heavy (non-hydrogen) atoms. The first-order chi connectivity index (χ1) is 9.97. The van der Waals surface area contributed by atoms with Gasteiger partial charge in [0.25, 0.3) is 0 Å². The molecule has 0 radical (unpaired) electrons. The van der Waals surface area contributed by atoms with Crippen LogP contribution in [0, 0.1) is 11.3 Å². The summed E-state index contributed by atoms with van der Waals surface area (Å²) in [7, 11) is 0. The van der Waals surface area contributed by atoms with Crippen molar-refractivity contribution in [3.05, 3.63) is 18.0 Å². The molecule has 1 heterocycles. The number of aromatic nitrogens is 2. The highest BCUT2D eigenvalue weighted by Crippen LogP contribution is 2.42. The van der Waals surface area contributed by atoms with E-state index in [1.807, 2.05) is 0 Å². The molecule has 0 aliphatic heterocycles. The molecule has 0 amide bonds. The molecule has 0 spiro atoms. The Morgan fingerprint density at radius 3 is 2.86 bits per heavy atom. The molecule has 3 atom stereocenters. The Balaban J connectivity index is 2.06. The van der Waals surface area contributed by atoms with E-state index in [1.54, 1.807) is 0 Å². The van der Waals surface area contributed by atoms with Gasteiger partial charge in [-0.05, 0) is 43.6 Å². The van der Waals surface area contributed by atoms with E-state index in [1.165, 1.54) is 25.7 Å². The number of rotatable bonds is 6. The van der Waals surface area contributed by atoms with Gasteiger partial charge in [0.2, 0.25) is 0 Å². The number of hydrogen-bond acceptors (Lipinski definition) is 3. The molecule has 0 aromatic carbocycles. The van der Waals surface area contributed by atoms with E-state index in [4.69, 9.17) is 10.9 Å². The van der Waals surface area contributed by atoms with Gasteiger partial charge in [0.1, 0.15) is 0 Å². The van der Waals surface area contributed by atoms with Crippen molar-refractivity contribution in [3.8, 4) is 0 Å². The molecule has 1 saturated carbocycles. The largest absolute Gasteiger partial charge is 0.271 e. The lowest BCUT2D eigenvalue weighted by Crippen LogP contribution is -2.48. The fourth-order valence-electron chi connectivity index (χ4n) is 3.73. The molecule has 2 rings (SSSR count). The lowest BCUT2D eigenvalue weighted by atomic mass is 9.65. The molecule has 0 bridgehead atoms. The van der Waals surface area contributed by atoms with E-state index in [2.05, 4.69) is 50.1 Å². The van der Waals surface area contributed by atoms with Crippen LogP contribution in [0.5, 0.6) is 0 Å². The first kappa shape index (κ1) is 16.5. The monoisotopic (exact) mass is 292 g/mol. The van der Waals surface area contributed by atoms with Crippen LogP contribution in [0.4, 0.5) is 0 Å². The van der Waals surface area contributed by atoms with Crippen LogP contribution < -0.4 is 11.3 Å². The standard InChI is InChI=1S/C17H32N4/c1-5-13(2)21-11-9-14(20-21)12-16(19-18)15-8-6-7-10-17(15,3)4/h9,11,13,15-16,19H,5-8,10,12,18H2,1-4H3. The summed E-state index contributed by atoms with van der Waals surface area (Å²) < 4.78 is 2.08. The summed E-state index contributed by atoms with van der Waals surface area (Å²) in [5, 5.41) is 4.73. The molecule has 3 N–H and O–H groups in total. The second-order valence-electron chi connectivity index (χ2n) is 7.36. The Hall–Kier alpha value is -0.870. The third kappa shape index (κ3) is 3.86. The van der Waals surface area contributed by atoms with Crippen LogP contribution in [-0.4, -0.2) is 15.8 Å². The third-order valence-corrected chi connectivity index (χ3v) is 5.42. The van der Waals surface area contributed by atoms with Crippen molar-refractivity contribution in [2.24, 2.45) is 17.2 Å². The van der Waals surface area contributed by atoms with Crippen molar-refractivity contribution in [1.29, 1.82) is 0 Å². The zero-order chi connectivity index (χ0) is 15.5. The van der Waals surface area contributed by atoms with Crippen molar-refractivity contribution in [2.75, 3.05) is 0 Å². The van der Waals surface area contributed by atoms with E-state index in [-0.39, 0.29) is 0 Å². The van der Waals surface area contributed by atoms with Crippen molar-refractivity contribution in [1.82, 2.24) is 15.2 Å². The van der Waals surface area contributed by atoms with Crippen molar-refractivity contribution < 1.29 is 0 Å². The van der Waals surface area contributed by atoms with Crippen molar-refractivity contribution in [3.63, 3.8) is 0 Å². The van der Waals surface area contributed by atoms with Crippen LogP contribution in [0.1, 0.15) is 71.5 Å². The van der Waals surface area contributed by atoms with Gasteiger partial charge >= 0.3 is 0 Å². The topological polar surface area (TPSA) is 55.9 Å². The van der Waals surface area contributed by atoms with Crippen LogP contribution in [0.15, 0.2) is 12.3 Å². The van der Waals surface area contributed by atoms with E-state index in [0.29, 0.717) is 23.4 Å². The molecule has 4 nitrogen and oxygen atoms in total. The zero-order valence-electron chi connectivity index (χ0n) is 14.1. The van der Waals surface area contributed by atoms with Crippen LogP contribution in [-0.2, 0) is 6.42 Å². The average Bonchev–Trinajstić information content (AvgIpc) is 2.92. The van der Waals surface area contributed by atoms with Gasteiger partial charge in [0.15, 0.2) is 0 Å². The van der Waals surface area contributed by atoms with E-state index < -0.39 is 0 Å². The maximum Gasteiger partial charge on any atom is 0.0640 e. The van der Waals surface area contributed by atoms with Gasteiger partial charge in [-0.15, -0.1) is 0 Å². The molecule has 1 aromatic rings. The Kier molecular flexibility index (Phi) is 5.44. The SMILES string of the molecule is CCC(C)n1ccc(CC(NN)C2CCCCC2(C)C)n1. The molecular weight excluding hydrogens is 260 g/mol. The second-order valence-corrected chi connectivity index (χ2v) is 7.36. The first-order valence-corrected chi connectivity index (χ1v) is 8.48. The van der Waals surface area contributed by atoms with E-state index >= 15 is 0 Å². The highest BCUT2D eigenvalue weighted by Gasteiger charge is 2.37. The molecule has 3 unspecified atom stereocenters. The highest BCUT2D eigenvalue weighted by atomic mass is 15.3. The number of nitrogens with one attached hydrogen (secondary N) is 1. The smallest absolute Gasteiger partial charge is 0.0640 e. The number of nitrogens with two attached hydrogens (primary N) is 1. The van der Waals surface area contributed by atoms with Gasteiger partial charge in [-0.3, -0.25) is 16.0 Å². The molecule has 4 heteroatoms. The molecule has 1 aliphatic rings. The Morgan fingerprint density at radius 1 is 1.48 bits per heavy atom. The molecular formula is C17H32N4. The van der Waals surface area contributed by atoms with Gasteiger partial charge in [0.05, 0.1) is 5.69 Å². The van der Waals surface area contributed by atoms with Gasteiger partial charge in [-0.25, -0.2) is 0 Å². The maximum atomic E-state index is 5.88. The first-order valence-electron chi connectivity index (χ1n) is 8.48. The number of hydrogen-bond donors (Lipinski definition) is 2. The third-order valence-electron chi connectivity index (χ3n) is 5.42. The van der Waals surface area contributed by atoms with Gasteiger partial charge in [-0.2, -0.15) is 5.10 Å². The lowest BCUT2D eigenvalue weighted by molar-refractivity contribution is 0.0977. The van der Waals surface area contributed by atoms with Crippen LogP contribution in [0.2, 0.25) is 0 Å². The van der Waals surface area contributed by atoms with Gasteiger partial charge in [0, 0.05) is 24.7 Å². The molecule has 1 fully saturated rings. The Labute approximate surface area is 129 Å². The summed E-state index contributed by atoms with van der Waals surface area (Å²) in [6.45, 7) is 9.18. The number of hydrazine groups is 1. The minimum Gasteiger partial charge on any atom is -0.271 e. The summed E-state index contributed by atoms with van der Waals surface area (Å²) in [4.78, 5) is 0. The Morgan fingerprint density at radius 2 is 2.24 bits per heavy atom. The summed E-state index contributed by atoms with van der Waals surface area (Å²) in [5.41, 5.74) is 4.60. The summed E-state index contributed by atoms with van der Waals surface area (Å²) in [5.74, 6) is 6.51. The normalized spacial score (nSPS) is 24.7. The van der Waals surface area contributed by atoms with Crippen LogP contribution in [0.3, 0.4) is 0 Å². The fraction of sp³-hybridized carbons (Fsp3) is 0.824. The quantitative estimate of drug-likeness (QED) is 0.624. The Bertz CT molecular complexity index is 438. The van der Waals surface area contributed by atoms with Gasteiger partial charge < -0.3 is 0 Å². The second kappa shape index (κ2) is 6.93. The molecule has 1 aromatic heterocycles. The molecule has 1 aliphatic carbocycles. The molecule has 0 saturated heterocycles. The van der Waals surface area contributed by atoms with Crippen LogP contribution >= 0.6 is 0 Å². The molecule has 120 valence electrons. The lowest BCUT2D eigenvalue weighted by Gasteiger charge is -2.43. The van der Waals surface area contributed by atoms with Crippen LogP contribution in [0.25, 0.3) is 0 Å². The predicted octanol–water partition coefficient (Wildman–Crippen LogP) is 3.44. The minimum absolute atomic E-state index is 0.320. The van der Waals surface area contributed by atoms with Crippen molar-refractivity contribution in [2.45, 2.75) is 78.3 Å². The zero-order valence-corrected chi connectivity index (χ0v) is 14.1. The van der Waals surface area contributed by atoms with E-state index in [9.17, 15) is 0 Å². The van der Waals surface area contributed by atoms with Gasteiger partial charge in [-0.1, -0.05) is 33.6 Å².